The number of ether oxygens (including phenoxy) is 1. The van der Waals surface area contributed by atoms with Crippen LogP contribution in [0.15, 0.2) is 42.5 Å². The standard InChI is InChI=1S/C15H17NO2/c1-10(2)18-13-6-3-11(4-7-13)12-5-8-15(17)14(16)9-12/h3-10,17H,16H2,1-2H3. The highest BCUT2D eigenvalue weighted by atomic mass is 16.5. The number of hydrogen-bond acceptors (Lipinski definition) is 3. The van der Waals surface area contributed by atoms with Crippen molar-refractivity contribution in [1.29, 1.82) is 0 Å². The van der Waals surface area contributed by atoms with Gasteiger partial charge in [0.05, 0.1) is 11.8 Å². The van der Waals surface area contributed by atoms with Crippen LogP contribution in [0.3, 0.4) is 0 Å². The monoisotopic (exact) mass is 243 g/mol. The van der Waals surface area contributed by atoms with Crippen LogP contribution >= 0.6 is 0 Å². The first-order valence-corrected chi connectivity index (χ1v) is 5.92. The number of phenolic OH excluding ortho intramolecular Hbond substituents is 1. The van der Waals surface area contributed by atoms with Gasteiger partial charge in [0.2, 0.25) is 0 Å². The van der Waals surface area contributed by atoms with Crippen LogP contribution in [0.4, 0.5) is 5.69 Å². The fraction of sp³-hybridized carbons (Fsp3) is 0.200. The summed E-state index contributed by atoms with van der Waals surface area (Å²) in [4.78, 5) is 0. The summed E-state index contributed by atoms with van der Waals surface area (Å²) < 4.78 is 5.58. The Morgan fingerprint density at radius 3 is 2.17 bits per heavy atom. The number of benzene rings is 2. The third kappa shape index (κ3) is 2.74. The van der Waals surface area contributed by atoms with Gasteiger partial charge in [0.25, 0.3) is 0 Å². The molecule has 2 aromatic carbocycles. The number of aromatic hydroxyl groups is 1. The fourth-order valence-electron chi connectivity index (χ4n) is 1.73. The third-order valence-corrected chi connectivity index (χ3v) is 2.59. The summed E-state index contributed by atoms with van der Waals surface area (Å²) in [6, 6.07) is 13.0. The lowest BCUT2D eigenvalue weighted by Crippen LogP contribution is -2.05. The fourth-order valence-corrected chi connectivity index (χ4v) is 1.73. The largest absolute Gasteiger partial charge is 0.506 e. The zero-order valence-corrected chi connectivity index (χ0v) is 10.6. The summed E-state index contributed by atoms with van der Waals surface area (Å²) in [6.07, 6.45) is 0.167. The average molecular weight is 243 g/mol. The molecule has 0 saturated heterocycles. The molecule has 94 valence electrons. The molecule has 0 amide bonds. The maximum Gasteiger partial charge on any atom is 0.138 e. The second kappa shape index (κ2) is 5.00. The molecule has 0 bridgehead atoms. The molecule has 2 rings (SSSR count). The van der Waals surface area contributed by atoms with Crippen molar-refractivity contribution < 1.29 is 9.84 Å². The van der Waals surface area contributed by atoms with Gasteiger partial charge in [-0.25, -0.2) is 0 Å². The maximum absolute atomic E-state index is 9.39. The first-order chi connectivity index (χ1) is 8.56. The van der Waals surface area contributed by atoms with Gasteiger partial charge in [0.1, 0.15) is 11.5 Å². The predicted octanol–water partition coefficient (Wildman–Crippen LogP) is 3.43. The lowest BCUT2D eigenvalue weighted by atomic mass is 10.0. The van der Waals surface area contributed by atoms with Crippen LogP contribution in [0.5, 0.6) is 11.5 Å². The van der Waals surface area contributed by atoms with Crippen LogP contribution in [-0.4, -0.2) is 11.2 Å². The van der Waals surface area contributed by atoms with Crippen molar-refractivity contribution in [2.24, 2.45) is 0 Å². The van der Waals surface area contributed by atoms with Crippen LogP contribution in [0.2, 0.25) is 0 Å². The minimum absolute atomic E-state index is 0.110. The summed E-state index contributed by atoms with van der Waals surface area (Å²) >= 11 is 0. The van der Waals surface area contributed by atoms with Crippen LogP contribution in [0.1, 0.15) is 13.8 Å². The van der Waals surface area contributed by atoms with Crippen molar-refractivity contribution in [2.45, 2.75) is 20.0 Å². The predicted molar refractivity (Wildman–Crippen MR) is 73.7 cm³/mol. The SMILES string of the molecule is CC(C)Oc1ccc(-c2ccc(O)c(N)c2)cc1. The second-order valence-electron chi connectivity index (χ2n) is 4.46. The summed E-state index contributed by atoms with van der Waals surface area (Å²) in [5, 5.41) is 9.39. The van der Waals surface area contributed by atoms with E-state index >= 15 is 0 Å². The van der Waals surface area contributed by atoms with E-state index < -0.39 is 0 Å². The molecule has 3 N–H and O–H groups in total. The lowest BCUT2D eigenvalue weighted by molar-refractivity contribution is 0.242. The molecular formula is C15H17NO2. The number of phenols is 1. The number of hydrogen-bond donors (Lipinski definition) is 2. The Hall–Kier alpha value is -2.16. The lowest BCUT2D eigenvalue weighted by Gasteiger charge is -2.10. The molecule has 0 aliphatic rings. The Morgan fingerprint density at radius 1 is 1.00 bits per heavy atom. The molecule has 0 fully saturated rings. The Labute approximate surface area is 107 Å². The molecule has 0 unspecified atom stereocenters. The van der Waals surface area contributed by atoms with Crippen LogP contribution < -0.4 is 10.5 Å². The van der Waals surface area contributed by atoms with Gasteiger partial charge in [0.15, 0.2) is 0 Å². The van der Waals surface area contributed by atoms with E-state index in [1.165, 1.54) is 0 Å². The molecule has 18 heavy (non-hydrogen) atoms. The molecule has 0 aromatic heterocycles. The smallest absolute Gasteiger partial charge is 0.138 e. The summed E-state index contributed by atoms with van der Waals surface area (Å²) in [5.41, 5.74) is 8.08. The minimum atomic E-state index is 0.110. The molecular weight excluding hydrogens is 226 g/mol. The van der Waals surface area contributed by atoms with Gasteiger partial charge in [-0.3, -0.25) is 0 Å². The molecule has 2 aromatic rings. The number of nitrogen functional groups attached to an aromatic ring is 1. The first-order valence-electron chi connectivity index (χ1n) is 5.92. The van der Waals surface area contributed by atoms with E-state index in [0.717, 1.165) is 16.9 Å². The van der Waals surface area contributed by atoms with Crippen molar-refractivity contribution in [3.63, 3.8) is 0 Å². The molecule has 0 radical (unpaired) electrons. The van der Waals surface area contributed by atoms with Crippen molar-refractivity contribution in [3.8, 4) is 22.6 Å². The summed E-state index contributed by atoms with van der Waals surface area (Å²) in [6.45, 7) is 3.99. The zero-order chi connectivity index (χ0) is 13.1. The highest BCUT2D eigenvalue weighted by molar-refractivity contribution is 5.70. The minimum Gasteiger partial charge on any atom is -0.506 e. The molecule has 0 saturated carbocycles. The Morgan fingerprint density at radius 2 is 1.61 bits per heavy atom. The van der Waals surface area contributed by atoms with E-state index in [2.05, 4.69) is 0 Å². The molecule has 0 heterocycles. The number of nitrogens with two attached hydrogens (primary N) is 1. The topological polar surface area (TPSA) is 55.5 Å². The van der Waals surface area contributed by atoms with Gasteiger partial charge in [0, 0.05) is 0 Å². The highest BCUT2D eigenvalue weighted by Crippen LogP contribution is 2.28. The number of anilines is 1. The van der Waals surface area contributed by atoms with Crippen LogP contribution in [-0.2, 0) is 0 Å². The van der Waals surface area contributed by atoms with Gasteiger partial charge in [-0.1, -0.05) is 18.2 Å². The maximum atomic E-state index is 9.39. The van der Waals surface area contributed by atoms with E-state index in [0.29, 0.717) is 5.69 Å². The zero-order valence-electron chi connectivity index (χ0n) is 10.6. The van der Waals surface area contributed by atoms with Gasteiger partial charge in [-0.05, 0) is 49.2 Å². The molecule has 3 nitrogen and oxygen atoms in total. The van der Waals surface area contributed by atoms with Crippen molar-refractivity contribution in [3.05, 3.63) is 42.5 Å². The van der Waals surface area contributed by atoms with E-state index in [-0.39, 0.29) is 11.9 Å². The van der Waals surface area contributed by atoms with Crippen molar-refractivity contribution in [2.75, 3.05) is 5.73 Å². The summed E-state index contributed by atoms with van der Waals surface area (Å²) in [5.74, 6) is 0.957. The third-order valence-electron chi connectivity index (χ3n) is 2.59. The second-order valence-corrected chi connectivity index (χ2v) is 4.46. The van der Waals surface area contributed by atoms with Gasteiger partial charge < -0.3 is 15.6 Å². The first kappa shape index (κ1) is 12.3. The normalized spacial score (nSPS) is 10.6. The van der Waals surface area contributed by atoms with E-state index in [4.69, 9.17) is 10.5 Å². The molecule has 0 aliphatic heterocycles. The van der Waals surface area contributed by atoms with Crippen molar-refractivity contribution in [1.82, 2.24) is 0 Å². The Kier molecular flexibility index (Phi) is 3.42. The Balaban J connectivity index is 2.25. The molecule has 0 spiro atoms. The molecule has 3 heteroatoms. The van der Waals surface area contributed by atoms with Crippen LogP contribution in [0, 0.1) is 0 Å². The van der Waals surface area contributed by atoms with Gasteiger partial charge >= 0.3 is 0 Å². The average Bonchev–Trinajstić information content (AvgIpc) is 2.33. The highest BCUT2D eigenvalue weighted by Gasteiger charge is 2.03. The van der Waals surface area contributed by atoms with E-state index in [9.17, 15) is 5.11 Å². The quantitative estimate of drug-likeness (QED) is 0.641. The van der Waals surface area contributed by atoms with Gasteiger partial charge in [-0.2, -0.15) is 0 Å². The van der Waals surface area contributed by atoms with Gasteiger partial charge in [-0.15, -0.1) is 0 Å². The van der Waals surface area contributed by atoms with Crippen LogP contribution in [0.25, 0.3) is 11.1 Å². The molecule has 0 aliphatic carbocycles. The van der Waals surface area contributed by atoms with E-state index in [1.54, 1.807) is 12.1 Å². The summed E-state index contributed by atoms with van der Waals surface area (Å²) in [7, 11) is 0. The Bertz CT molecular complexity index is 533. The van der Waals surface area contributed by atoms with E-state index in [1.807, 2.05) is 44.2 Å². The molecule has 0 atom stereocenters. The van der Waals surface area contributed by atoms with Crippen molar-refractivity contribution >= 4 is 5.69 Å². The number of rotatable bonds is 3.